The Morgan fingerprint density at radius 3 is 2.31 bits per heavy atom. The molecule has 1 amide bonds. The molecule has 0 bridgehead atoms. The number of anilines is 1. The summed E-state index contributed by atoms with van der Waals surface area (Å²) in [6.45, 7) is 1.82. The van der Waals surface area contributed by atoms with Crippen LogP contribution in [-0.2, 0) is 15.1 Å². The van der Waals surface area contributed by atoms with Crippen molar-refractivity contribution < 1.29 is 9.53 Å². The van der Waals surface area contributed by atoms with Crippen molar-refractivity contribution in [3.63, 3.8) is 0 Å². The molecule has 3 aromatic rings. The average molecular weight is 563 g/mol. The van der Waals surface area contributed by atoms with Gasteiger partial charge < -0.3 is 15.0 Å². The molecule has 5 nitrogen and oxygen atoms in total. The van der Waals surface area contributed by atoms with Crippen molar-refractivity contribution in [1.29, 1.82) is 5.26 Å². The summed E-state index contributed by atoms with van der Waals surface area (Å²) < 4.78 is 6.52. The lowest BCUT2D eigenvalue weighted by Gasteiger charge is -2.45. The highest BCUT2D eigenvalue weighted by Crippen LogP contribution is 2.39. The lowest BCUT2D eigenvalue weighted by atomic mass is 9.82. The molecule has 1 aliphatic carbocycles. The molecule has 0 unspecified atom stereocenters. The third kappa shape index (κ3) is 6.83. The van der Waals surface area contributed by atoms with E-state index < -0.39 is 5.60 Å². The van der Waals surface area contributed by atoms with E-state index in [0.717, 1.165) is 42.6 Å². The molecule has 1 saturated carbocycles. The van der Waals surface area contributed by atoms with Gasteiger partial charge in [0.15, 0.2) is 0 Å². The number of nitrogens with one attached hydrogen (secondary N) is 1. The first-order chi connectivity index (χ1) is 18.9. The molecule has 3 aromatic carbocycles. The van der Waals surface area contributed by atoms with E-state index in [1.807, 2.05) is 24.3 Å². The zero-order valence-electron chi connectivity index (χ0n) is 22.0. The smallest absolute Gasteiger partial charge is 0.250 e. The number of halogens is 2. The van der Waals surface area contributed by atoms with Gasteiger partial charge in [0.05, 0.1) is 17.2 Å². The van der Waals surface area contributed by atoms with Gasteiger partial charge in [-0.3, -0.25) is 4.79 Å². The molecule has 1 heterocycles. The maximum atomic E-state index is 12.9. The number of nitriles is 1. The molecular formula is C32H33Cl2N3O2. The van der Waals surface area contributed by atoms with E-state index in [-0.39, 0.29) is 12.5 Å². The summed E-state index contributed by atoms with van der Waals surface area (Å²) in [5.74, 6) is -0.243. The molecule has 1 aliphatic heterocycles. The predicted octanol–water partition coefficient (Wildman–Crippen LogP) is 7.81. The minimum absolute atomic E-state index is 0.0699. The van der Waals surface area contributed by atoms with E-state index in [9.17, 15) is 10.1 Å². The molecule has 0 spiro atoms. The van der Waals surface area contributed by atoms with Gasteiger partial charge in [0.1, 0.15) is 6.61 Å². The maximum Gasteiger partial charge on any atom is 0.250 e. The molecule has 0 aromatic heterocycles. The minimum Gasteiger partial charge on any atom is -0.360 e. The number of piperidine rings is 1. The monoisotopic (exact) mass is 561 g/mol. The Labute approximate surface area is 240 Å². The first-order valence-electron chi connectivity index (χ1n) is 13.7. The largest absolute Gasteiger partial charge is 0.360 e. The van der Waals surface area contributed by atoms with E-state index >= 15 is 0 Å². The molecule has 1 saturated heterocycles. The zero-order chi connectivity index (χ0) is 27.2. The Balaban J connectivity index is 1.33. The lowest BCUT2D eigenvalue weighted by Crippen LogP contribution is -2.49. The summed E-state index contributed by atoms with van der Waals surface area (Å²) >= 11 is 12.2. The van der Waals surface area contributed by atoms with Crippen LogP contribution in [0.4, 0.5) is 5.69 Å². The zero-order valence-corrected chi connectivity index (χ0v) is 23.5. The van der Waals surface area contributed by atoms with Gasteiger partial charge in [-0.2, -0.15) is 5.26 Å². The van der Waals surface area contributed by atoms with Crippen molar-refractivity contribution in [2.75, 3.05) is 25.0 Å². The van der Waals surface area contributed by atoms with Gasteiger partial charge in [0.2, 0.25) is 5.91 Å². The van der Waals surface area contributed by atoms with Crippen LogP contribution >= 0.6 is 23.2 Å². The summed E-state index contributed by atoms with van der Waals surface area (Å²) in [7, 11) is 0. The Hall–Kier alpha value is -2.88. The Kier molecular flexibility index (Phi) is 8.89. The Morgan fingerprint density at radius 1 is 0.949 bits per heavy atom. The number of carbonyl (C=O) groups is 1. The van der Waals surface area contributed by atoms with Crippen LogP contribution < -0.4 is 5.32 Å². The number of likely N-dealkylation sites (tertiary alicyclic amines) is 1. The van der Waals surface area contributed by atoms with Crippen molar-refractivity contribution in [3.05, 3.63) is 87.9 Å². The average Bonchev–Trinajstić information content (AvgIpc) is 2.96. The van der Waals surface area contributed by atoms with Gasteiger partial charge in [-0.15, -0.1) is 0 Å². The van der Waals surface area contributed by atoms with E-state index in [2.05, 4.69) is 40.6 Å². The first kappa shape index (κ1) is 27.7. The topological polar surface area (TPSA) is 65.4 Å². The van der Waals surface area contributed by atoms with E-state index in [1.54, 1.807) is 18.2 Å². The number of nitrogens with zero attached hydrogens (tertiary/aromatic N) is 2. The summed E-state index contributed by atoms with van der Waals surface area (Å²) in [5, 5.41) is 13.1. The SMILES string of the molecule is N#Cc1cccc(-c2ccc(C3(OCC(=O)Nc4cc(Cl)cc(Cl)c4)CCN(C4CCCCC4)CC3)cc2)c1. The van der Waals surface area contributed by atoms with Crippen molar-refractivity contribution in [1.82, 2.24) is 4.90 Å². The third-order valence-corrected chi connectivity index (χ3v) is 8.50. The molecule has 2 aliphatic rings. The molecule has 0 atom stereocenters. The summed E-state index contributed by atoms with van der Waals surface area (Å²) in [4.78, 5) is 15.5. The number of hydrogen-bond acceptors (Lipinski definition) is 4. The number of rotatable bonds is 7. The van der Waals surface area contributed by atoms with Crippen molar-refractivity contribution >= 4 is 34.8 Å². The second-order valence-electron chi connectivity index (χ2n) is 10.6. The number of hydrogen-bond donors (Lipinski definition) is 1. The fourth-order valence-corrected chi connectivity index (χ4v) is 6.50. The highest BCUT2D eigenvalue weighted by molar-refractivity contribution is 6.35. The molecule has 39 heavy (non-hydrogen) atoms. The summed E-state index contributed by atoms with van der Waals surface area (Å²) in [5.41, 5.74) is 3.75. The van der Waals surface area contributed by atoms with Crippen LogP contribution in [0, 0.1) is 11.3 Å². The van der Waals surface area contributed by atoms with Gasteiger partial charge in [-0.05, 0) is 72.7 Å². The van der Waals surface area contributed by atoms with Gasteiger partial charge in [-0.25, -0.2) is 0 Å². The van der Waals surface area contributed by atoms with Crippen LogP contribution in [0.1, 0.15) is 56.1 Å². The van der Waals surface area contributed by atoms with Gasteiger partial charge in [-0.1, -0.05) is 78.9 Å². The number of amides is 1. The van der Waals surface area contributed by atoms with E-state index in [1.165, 1.54) is 32.1 Å². The Bertz CT molecular complexity index is 1320. The van der Waals surface area contributed by atoms with Crippen molar-refractivity contribution in [3.8, 4) is 17.2 Å². The lowest BCUT2D eigenvalue weighted by molar-refractivity contribution is -0.136. The predicted molar refractivity (Wildman–Crippen MR) is 157 cm³/mol. The van der Waals surface area contributed by atoms with E-state index in [4.69, 9.17) is 27.9 Å². The molecule has 7 heteroatoms. The van der Waals surface area contributed by atoms with Crippen molar-refractivity contribution in [2.24, 2.45) is 0 Å². The van der Waals surface area contributed by atoms with Gasteiger partial charge >= 0.3 is 0 Å². The first-order valence-corrected chi connectivity index (χ1v) is 14.4. The second-order valence-corrected chi connectivity index (χ2v) is 11.5. The van der Waals surface area contributed by atoms with Crippen LogP contribution in [-0.4, -0.2) is 36.5 Å². The second kappa shape index (κ2) is 12.5. The standard InChI is InChI=1S/C32H33Cl2N3O2/c33-27-18-28(34)20-29(19-27)36-31(38)22-39-32(13-15-37(16-14-32)30-7-2-1-3-8-30)26-11-9-24(10-12-26)25-6-4-5-23(17-25)21-35/h4-6,9-12,17-20,30H,1-3,7-8,13-16,22H2,(H,36,38). The van der Waals surface area contributed by atoms with Crippen LogP contribution in [0.15, 0.2) is 66.7 Å². The molecule has 1 N–H and O–H groups in total. The van der Waals surface area contributed by atoms with Crippen molar-refractivity contribution in [2.45, 2.75) is 56.6 Å². The highest BCUT2D eigenvalue weighted by Gasteiger charge is 2.39. The molecule has 0 radical (unpaired) electrons. The minimum atomic E-state index is -0.554. The van der Waals surface area contributed by atoms with E-state index in [0.29, 0.717) is 27.3 Å². The fourth-order valence-electron chi connectivity index (χ4n) is 5.97. The normalized spacial score (nSPS) is 17.9. The number of carbonyl (C=O) groups excluding carboxylic acids is 1. The van der Waals surface area contributed by atoms with Crippen LogP contribution in [0.3, 0.4) is 0 Å². The maximum absolute atomic E-state index is 12.9. The van der Waals surface area contributed by atoms with Gasteiger partial charge in [0, 0.05) is 34.9 Å². The van der Waals surface area contributed by atoms with Crippen LogP contribution in [0.2, 0.25) is 10.0 Å². The molecule has 5 rings (SSSR count). The van der Waals surface area contributed by atoms with Crippen LogP contribution in [0.5, 0.6) is 0 Å². The number of ether oxygens (including phenoxy) is 1. The molecule has 202 valence electrons. The quantitative estimate of drug-likeness (QED) is 0.319. The Morgan fingerprint density at radius 2 is 1.64 bits per heavy atom. The molecule has 2 fully saturated rings. The summed E-state index contributed by atoms with van der Waals surface area (Å²) in [6.07, 6.45) is 8.15. The third-order valence-electron chi connectivity index (χ3n) is 8.06. The summed E-state index contributed by atoms with van der Waals surface area (Å²) in [6, 6.07) is 23.8. The molecular weight excluding hydrogens is 529 g/mol. The highest BCUT2D eigenvalue weighted by atomic mass is 35.5. The van der Waals surface area contributed by atoms with Gasteiger partial charge in [0.25, 0.3) is 0 Å². The fraction of sp³-hybridized carbons (Fsp3) is 0.375. The van der Waals surface area contributed by atoms with Crippen LogP contribution in [0.25, 0.3) is 11.1 Å². The number of benzene rings is 3.